The first-order valence-electron chi connectivity index (χ1n) is 7.07. The Labute approximate surface area is 127 Å². The highest BCUT2D eigenvalue weighted by atomic mass is 32.1. The summed E-state index contributed by atoms with van der Waals surface area (Å²) in [5, 5.41) is 5.95. The van der Waals surface area contributed by atoms with Crippen LogP contribution in [-0.4, -0.2) is 35.1 Å². The molecule has 2 aromatic rings. The molecule has 0 aliphatic carbocycles. The number of carbonyl (C=O) groups excluding carboxylic acids is 1. The zero-order valence-corrected chi connectivity index (χ0v) is 12.4. The summed E-state index contributed by atoms with van der Waals surface area (Å²) in [6.45, 7) is 1.29. The van der Waals surface area contributed by atoms with Gasteiger partial charge in [-0.15, -0.1) is 11.3 Å². The Morgan fingerprint density at radius 2 is 2.48 bits per heavy atom. The van der Waals surface area contributed by atoms with Crippen LogP contribution in [0.25, 0.3) is 11.3 Å². The molecule has 0 saturated carbocycles. The Hall–Kier alpha value is -1.79. The largest absolute Gasteiger partial charge is 0.368 e. The lowest BCUT2D eigenvalue weighted by Crippen LogP contribution is -2.35. The lowest BCUT2D eigenvalue weighted by molar-refractivity contribution is -0.129. The van der Waals surface area contributed by atoms with E-state index >= 15 is 0 Å². The fraction of sp³-hybridized carbons (Fsp3) is 0.400. The number of ether oxygens (including phenoxy) is 1. The number of thiazole rings is 1. The molecule has 6 heteroatoms. The first-order chi connectivity index (χ1) is 10.3. The summed E-state index contributed by atoms with van der Waals surface area (Å²) < 4.78 is 5.35. The van der Waals surface area contributed by atoms with Crippen LogP contribution in [-0.2, 0) is 16.0 Å². The lowest BCUT2D eigenvalue weighted by Gasteiger charge is -2.09. The third-order valence-electron chi connectivity index (χ3n) is 3.37. The monoisotopic (exact) mass is 303 g/mol. The van der Waals surface area contributed by atoms with Gasteiger partial charge in [0.05, 0.1) is 10.7 Å². The molecule has 110 valence electrons. The van der Waals surface area contributed by atoms with E-state index < -0.39 is 0 Å². The summed E-state index contributed by atoms with van der Waals surface area (Å²) in [5.41, 5.74) is 1.96. The number of nitrogens with one attached hydrogen (secondary N) is 1. The van der Waals surface area contributed by atoms with Gasteiger partial charge in [-0.05, 0) is 25.0 Å². The molecule has 1 aliphatic heterocycles. The van der Waals surface area contributed by atoms with Gasteiger partial charge in [0.25, 0.3) is 0 Å². The molecule has 1 aliphatic rings. The van der Waals surface area contributed by atoms with E-state index in [2.05, 4.69) is 15.3 Å². The highest BCUT2D eigenvalue weighted by Gasteiger charge is 2.22. The maximum atomic E-state index is 11.8. The van der Waals surface area contributed by atoms with Gasteiger partial charge < -0.3 is 10.1 Å². The molecule has 0 bridgehead atoms. The smallest absolute Gasteiger partial charge is 0.249 e. The highest BCUT2D eigenvalue weighted by Crippen LogP contribution is 2.21. The zero-order chi connectivity index (χ0) is 14.5. The Kier molecular flexibility index (Phi) is 4.57. The van der Waals surface area contributed by atoms with E-state index in [-0.39, 0.29) is 12.0 Å². The van der Waals surface area contributed by atoms with E-state index in [1.807, 2.05) is 17.5 Å². The fourth-order valence-corrected chi connectivity index (χ4v) is 3.07. The Morgan fingerprint density at radius 3 is 3.24 bits per heavy atom. The van der Waals surface area contributed by atoms with Crippen LogP contribution in [0.1, 0.15) is 17.8 Å². The summed E-state index contributed by atoms with van der Waals surface area (Å²) in [7, 11) is 0. The van der Waals surface area contributed by atoms with Crippen molar-refractivity contribution in [2.24, 2.45) is 0 Å². The quantitative estimate of drug-likeness (QED) is 0.918. The predicted octanol–water partition coefficient (Wildman–Crippen LogP) is 2.04. The molecule has 3 rings (SSSR count). The standard InChI is InChI=1S/C15H17N3O2S/c19-15(13-4-2-8-20-13)17-7-5-14-18-12(10-21-14)11-3-1-6-16-9-11/h1,3,6,9-10,13H,2,4-5,7-8H2,(H,17,19). The average molecular weight is 303 g/mol. The lowest BCUT2D eigenvalue weighted by atomic mass is 10.2. The van der Waals surface area contributed by atoms with Crippen molar-refractivity contribution in [1.82, 2.24) is 15.3 Å². The van der Waals surface area contributed by atoms with E-state index in [4.69, 9.17) is 4.74 Å². The van der Waals surface area contributed by atoms with Gasteiger partial charge in [0.1, 0.15) is 6.10 Å². The molecule has 1 saturated heterocycles. The molecule has 1 N–H and O–H groups in total. The summed E-state index contributed by atoms with van der Waals surface area (Å²) in [6.07, 6.45) is 5.83. The topological polar surface area (TPSA) is 64.1 Å². The van der Waals surface area contributed by atoms with Gasteiger partial charge in [-0.2, -0.15) is 0 Å². The Bertz CT molecular complexity index is 594. The van der Waals surface area contributed by atoms with Crippen molar-refractivity contribution in [1.29, 1.82) is 0 Å². The predicted molar refractivity (Wildman–Crippen MR) is 81.0 cm³/mol. The van der Waals surface area contributed by atoms with Crippen LogP contribution in [0.15, 0.2) is 29.9 Å². The molecule has 21 heavy (non-hydrogen) atoms. The van der Waals surface area contributed by atoms with Crippen LogP contribution in [0.2, 0.25) is 0 Å². The van der Waals surface area contributed by atoms with Gasteiger partial charge in [0, 0.05) is 42.9 Å². The molecule has 0 aromatic carbocycles. The van der Waals surface area contributed by atoms with Crippen LogP contribution < -0.4 is 5.32 Å². The molecule has 0 spiro atoms. The second-order valence-corrected chi connectivity index (χ2v) is 5.85. The third-order valence-corrected chi connectivity index (χ3v) is 4.28. The van der Waals surface area contributed by atoms with E-state index in [1.165, 1.54) is 0 Å². The van der Waals surface area contributed by atoms with E-state index in [0.717, 1.165) is 35.5 Å². The van der Waals surface area contributed by atoms with Gasteiger partial charge in [-0.3, -0.25) is 9.78 Å². The normalized spacial score (nSPS) is 17.8. The van der Waals surface area contributed by atoms with Crippen molar-refractivity contribution in [2.75, 3.05) is 13.2 Å². The fourth-order valence-electron chi connectivity index (χ4n) is 2.26. The summed E-state index contributed by atoms with van der Waals surface area (Å²) >= 11 is 1.61. The van der Waals surface area contributed by atoms with Gasteiger partial charge in [0.15, 0.2) is 0 Å². The molecule has 3 heterocycles. The molecule has 1 atom stereocenters. The number of hydrogen-bond acceptors (Lipinski definition) is 5. The molecular weight excluding hydrogens is 286 g/mol. The van der Waals surface area contributed by atoms with Crippen molar-refractivity contribution in [2.45, 2.75) is 25.4 Å². The molecule has 5 nitrogen and oxygen atoms in total. The molecular formula is C15H17N3O2S. The minimum atomic E-state index is -0.257. The van der Waals surface area contributed by atoms with Gasteiger partial charge in [-0.25, -0.2) is 4.98 Å². The SMILES string of the molecule is O=C(NCCc1nc(-c2cccnc2)cs1)C1CCCO1. The number of rotatable bonds is 5. The number of hydrogen-bond donors (Lipinski definition) is 1. The van der Waals surface area contributed by atoms with Crippen molar-refractivity contribution in [3.05, 3.63) is 34.9 Å². The molecule has 2 aromatic heterocycles. The second-order valence-electron chi connectivity index (χ2n) is 4.91. The number of aromatic nitrogens is 2. The van der Waals surface area contributed by atoms with E-state index in [0.29, 0.717) is 13.2 Å². The first-order valence-corrected chi connectivity index (χ1v) is 7.95. The van der Waals surface area contributed by atoms with Crippen molar-refractivity contribution >= 4 is 17.2 Å². The minimum absolute atomic E-state index is 0.00320. The number of carbonyl (C=O) groups is 1. The molecule has 1 fully saturated rings. The van der Waals surface area contributed by atoms with Crippen molar-refractivity contribution in [3.63, 3.8) is 0 Å². The van der Waals surface area contributed by atoms with Gasteiger partial charge in [0.2, 0.25) is 5.91 Å². The van der Waals surface area contributed by atoms with Crippen LogP contribution in [0.4, 0.5) is 0 Å². The maximum Gasteiger partial charge on any atom is 0.249 e. The number of nitrogens with zero attached hydrogens (tertiary/aromatic N) is 2. The van der Waals surface area contributed by atoms with Crippen molar-refractivity contribution in [3.8, 4) is 11.3 Å². The molecule has 1 unspecified atom stereocenters. The first kappa shape index (κ1) is 14.2. The van der Waals surface area contributed by atoms with Crippen LogP contribution in [0.5, 0.6) is 0 Å². The van der Waals surface area contributed by atoms with E-state index in [9.17, 15) is 4.79 Å². The van der Waals surface area contributed by atoms with Crippen LogP contribution >= 0.6 is 11.3 Å². The number of pyridine rings is 1. The highest BCUT2D eigenvalue weighted by molar-refractivity contribution is 7.09. The van der Waals surface area contributed by atoms with Crippen LogP contribution in [0, 0.1) is 0 Å². The Morgan fingerprint density at radius 1 is 1.52 bits per heavy atom. The van der Waals surface area contributed by atoms with Crippen LogP contribution in [0.3, 0.4) is 0 Å². The third kappa shape index (κ3) is 3.65. The molecule has 1 amide bonds. The summed E-state index contributed by atoms with van der Waals surface area (Å²) in [4.78, 5) is 20.5. The van der Waals surface area contributed by atoms with Gasteiger partial charge in [-0.1, -0.05) is 0 Å². The summed E-state index contributed by atoms with van der Waals surface area (Å²) in [6, 6.07) is 3.89. The maximum absolute atomic E-state index is 11.8. The summed E-state index contributed by atoms with van der Waals surface area (Å²) in [5.74, 6) is -0.00320. The van der Waals surface area contributed by atoms with Gasteiger partial charge >= 0.3 is 0 Å². The minimum Gasteiger partial charge on any atom is -0.368 e. The van der Waals surface area contributed by atoms with E-state index in [1.54, 1.807) is 23.7 Å². The zero-order valence-electron chi connectivity index (χ0n) is 11.6. The molecule has 0 radical (unpaired) electrons. The van der Waals surface area contributed by atoms with Crippen molar-refractivity contribution < 1.29 is 9.53 Å². The Balaban J connectivity index is 1.50. The second kappa shape index (κ2) is 6.78. The average Bonchev–Trinajstić information content (AvgIpc) is 3.20. The number of amides is 1.